The largest absolute Gasteiger partial charge is 0.416 e. The molecular formula is C20H32F4IN5. The second-order valence-electron chi connectivity index (χ2n) is 7.27. The van der Waals surface area contributed by atoms with Crippen molar-refractivity contribution in [1.82, 2.24) is 20.4 Å². The highest BCUT2D eigenvalue weighted by Gasteiger charge is 2.33. The lowest BCUT2D eigenvalue weighted by Crippen LogP contribution is -2.39. The third-order valence-electron chi connectivity index (χ3n) is 4.88. The highest BCUT2D eigenvalue weighted by atomic mass is 127. The topological polar surface area (TPSA) is 42.9 Å². The molecule has 1 heterocycles. The van der Waals surface area contributed by atoms with E-state index in [1.165, 1.54) is 0 Å². The minimum Gasteiger partial charge on any atom is -0.357 e. The number of nitrogens with zero attached hydrogens (tertiary/aromatic N) is 3. The number of halogens is 5. The summed E-state index contributed by atoms with van der Waals surface area (Å²) in [7, 11) is 2.13. The van der Waals surface area contributed by atoms with Crippen molar-refractivity contribution >= 4 is 29.9 Å². The van der Waals surface area contributed by atoms with Gasteiger partial charge in [0, 0.05) is 26.2 Å². The summed E-state index contributed by atoms with van der Waals surface area (Å²) in [6.07, 6.45) is -2.54. The standard InChI is InChI=1S/C20H31F4N5.HI/c1-3-25-19(26-8-4-10-29-11-5-9-28(2)12-13-29)27-15-16-6-7-17(21)14-18(16)20(22,23)24;/h6-7,14H,3-5,8-13,15H2,1-2H3,(H2,25,26,27);1H. The lowest BCUT2D eigenvalue weighted by atomic mass is 10.1. The Hall–Kier alpha value is -1.14. The summed E-state index contributed by atoms with van der Waals surface area (Å²) in [6.45, 7) is 8.28. The fourth-order valence-corrected chi connectivity index (χ4v) is 3.29. The first-order valence-corrected chi connectivity index (χ1v) is 10.1. The quantitative estimate of drug-likeness (QED) is 0.181. The first kappa shape index (κ1) is 26.9. The van der Waals surface area contributed by atoms with E-state index in [1.54, 1.807) is 0 Å². The SMILES string of the molecule is CCNC(=NCc1ccc(F)cc1C(F)(F)F)NCCCN1CCCN(C)CC1.I. The van der Waals surface area contributed by atoms with Crippen LogP contribution in [-0.2, 0) is 12.7 Å². The number of benzene rings is 1. The molecule has 1 saturated heterocycles. The van der Waals surface area contributed by atoms with Crippen LogP contribution in [-0.4, -0.2) is 68.6 Å². The molecule has 1 aromatic carbocycles. The van der Waals surface area contributed by atoms with Crippen LogP contribution in [0.4, 0.5) is 17.6 Å². The van der Waals surface area contributed by atoms with Gasteiger partial charge in [0.2, 0.25) is 0 Å². The molecule has 1 aliphatic rings. The Morgan fingerprint density at radius 1 is 1.13 bits per heavy atom. The zero-order valence-electron chi connectivity index (χ0n) is 17.6. The van der Waals surface area contributed by atoms with Gasteiger partial charge in [0.15, 0.2) is 5.96 Å². The maximum Gasteiger partial charge on any atom is 0.416 e. The Balaban J connectivity index is 0.00000450. The fourth-order valence-electron chi connectivity index (χ4n) is 3.29. The molecule has 0 aromatic heterocycles. The van der Waals surface area contributed by atoms with Crippen LogP contribution in [0.25, 0.3) is 0 Å². The lowest BCUT2D eigenvalue weighted by molar-refractivity contribution is -0.138. The summed E-state index contributed by atoms with van der Waals surface area (Å²) in [5, 5.41) is 6.21. The van der Waals surface area contributed by atoms with E-state index < -0.39 is 17.6 Å². The minimum atomic E-state index is -4.61. The smallest absolute Gasteiger partial charge is 0.357 e. The molecule has 5 nitrogen and oxygen atoms in total. The van der Waals surface area contributed by atoms with E-state index in [1.807, 2.05) is 6.92 Å². The Labute approximate surface area is 193 Å². The van der Waals surface area contributed by atoms with Crippen LogP contribution in [0, 0.1) is 5.82 Å². The molecule has 1 aromatic rings. The number of hydrogen-bond donors (Lipinski definition) is 2. The van der Waals surface area contributed by atoms with E-state index >= 15 is 0 Å². The molecule has 1 fully saturated rings. The van der Waals surface area contributed by atoms with Gasteiger partial charge in [0.05, 0.1) is 12.1 Å². The number of nitrogens with one attached hydrogen (secondary N) is 2. The third-order valence-corrected chi connectivity index (χ3v) is 4.88. The van der Waals surface area contributed by atoms with E-state index in [0.29, 0.717) is 25.1 Å². The van der Waals surface area contributed by atoms with Gasteiger partial charge in [-0.05, 0) is 64.1 Å². The molecule has 0 radical (unpaired) electrons. The van der Waals surface area contributed by atoms with E-state index in [-0.39, 0.29) is 36.1 Å². The molecule has 2 rings (SSSR count). The van der Waals surface area contributed by atoms with Gasteiger partial charge in [-0.3, -0.25) is 0 Å². The van der Waals surface area contributed by atoms with Crippen molar-refractivity contribution in [3.05, 3.63) is 35.1 Å². The Kier molecular flexibility index (Phi) is 11.9. The first-order chi connectivity index (χ1) is 13.8. The summed E-state index contributed by atoms with van der Waals surface area (Å²) >= 11 is 0. The lowest BCUT2D eigenvalue weighted by Gasteiger charge is -2.20. The van der Waals surface area contributed by atoms with E-state index in [4.69, 9.17) is 0 Å². The second-order valence-corrected chi connectivity index (χ2v) is 7.27. The summed E-state index contributed by atoms with van der Waals surface area (Å²) in [5.74, 6) is -0.449. The van der Waals surface area contributed by atoms with Gasteiger partial charge in [-0.25, -0.2) is 9.38 Å². The predicted octanol–water partition coefficient (Wildman–Crippen LogP) is 3.55. The van der Waals surface area contributed by atoms with Crippen molar-refractivity contribution in [2.24, 2.45) is 4.99 Å². The van der Waals surface area contributed by atoms with Gasteiger partial charge >= 0.3 is 6.18 Å². The monoisotopic (exact) mass is 545 g/mol. The molecule has 0 atom stereocenters. The van der Waals surface area contributed by atoms with Crippen molar-refractivity contribution in [3.8, 4) is 0 Å². The minimum absolute atomic E-state index is 0. The van der Waals surface area contributed by atoms with Gasteiger partial charge in [-0.2, -0.15) is 13.2 Å². The molecule has 10 heteroatoms. The van der Waals surface area contributed by atoms with Crippen molar-refractivity contribution in [2.45, 2.75) is 32.5 Å². The van der Waals surface area contributed by atoms with E-state index in [0.717, 1.165) is 57.7 Å². The fraction of sp³-hybridized carbons (Fsp3) is 0.650. The molecule has 2 N–H and O–H groups in total. The van der Waals surface area contributed by atoms with Crippen LogP contribution >= 0.6 is 24.0 Å². The van der Waals surface area contributed by atoms with E-state index in [2.05, 4.69) is 32.5 Å². The highest BCUT2D eigenvalue weighted by Crippen LogP contribution is 2.32. The third kappa shape index (κ3) is 9.34. The number of hydrogen-bond acceptors (Lipinski definition) is 3. The molecule has 0 spiro atoms. The Bertz CT molecular complexity index is 669. The van der Waals surface area contributed by atoms with Gasteiger partial charge < -0.3 is 20.4 Å². The first-order valence-electron chi connectivity index (χ1n) is 10.1. The Morgan fingerprint density at radius 3 is 2.60 bits per heavy atom. The molecule has 0 bridgehead atoms. The van der Waals surface area contributed by atoms with Crippen LogP contribution in [0.15, 0.2) is 23.2 Å². The molecule has 0 unspecified atom stereocenters. The van der Waals surface area contributed by atoms with Gasteiger partial charge in [-0.1, -0.05) is 6.07 Å². The van der Waals surface area contributed by atoms with Crippen molar-refractivity contribution in [2.75, 3.05) is 52.9 Å². The van der Waals surface area contributed by atoms with Crippen molar-refractivity contribution in [3.63, 3.8) is 0 Å². The molecule has 0 aliphatic carbocycles. The van der Waals surface area contributed by atoms with Crippen LogP contribution < -0.4 is 10.6 Å². The van der Waals surface area contributed by atoms with Gasteiger partial charge in [-0.15, -0.1) is 24.0 Å². The number of likely N-dealkylation sites (N-methyl/N-ethyl adjacent to an activating group) is 1. The predicted molar refractivity (Wildman–Crippen MR) is 123 cm³/mol. The van der Waals surface area contributed by atoms with Crippen molar-refractivity contribution < 1.29 is 17.6 Å². The molecule has 0 saturated carbocycles. The normalized spacial score (nSPS) is 16.7. The van der Waals surface area contributed by atoms with E-state index in [9.17, 15) is 17.6 Å². The van der Waals surface area contributed by atoms with Crippen LogP contribution in [0.3, 0.4) is 0 Å². The van der Waals surface area contributed by atoms with Gasteiger partial charge in [0.25, 0.3) is 0 Å². The number of aliphatic imine (C=N–C) groups is 1. The van der Waals surface area contributed by atoms with Gasteiger partial charge in [0.1, 0.15) is 5.82 Å². The zero-order chi connectivity index (χ0) is 21.3. The molecule has 30 heavy (non-hydrogen) atoms. The maximum absolute atomic E-state index is 13.2. The second kappa shape index (κ2) is 13.3. The molecular weight excluding hydrogens is 513 g/mol. The number of guanidine groups is 1. The number of rotatable bonds is 7. The molecule has 1 aliphatic heterocycles. The summed E-state index contributed by atoms with van der Waals surface area (Å²) in [6, 6.07) is 2.68. The molecule has 172 valence electrons. The highest BCUT2D eigenvalue weighted by molar-refractivity contribution is 14.0. The average Bonchev–Trinajstić information content (AvgIpc) is 2.87. The molecule has 0 amide bonds. The van der Waals surface area contributed by atoms with Crippen LogP contribution in [0.2, 0.25) is 0 Å². The average molecular weight is 545 g/mol. The van der Waals surface area contributed by atoms with Crippen molar-refractivity contribution in [1.29, 1.82) is 0 Å². The Morgan fingerprint density at radius 2 is 1.90 bits per heavy atom. The maximum atomic E-state index is 13.2. The summed E-state index contributed by atoms with van der Waals surface area (Å²) in [4.78, 5) is 9.01. The van der Waals surface area contributed by atoms with Crippen LogP contribution in [0.5, 0.6) is 0 Å². The summed E-state index contributed by atoms with van der Waals surface area (Å²) < 4.78 is 52.6. The van der Waals surface area contributed by atoms with Crippen LogP contribution in [0.1, 0.15) is 30.9 Å². The number of alkyl halides is 3. The zero-order valence-corrected chi connectivity index (χ0v) is 19.9. The summed E-state index contributed by atoms with van der Waals surface area (Å²) in [5.41, 5.74) is -1.03.